The Hall–Kier alpha value is -1.95. The summed E-state index contributed by atoms with van der Waals surface area (Å²) in [6.45, 7) is 0. The van der Waals surface area contributed by atoms with Crippen LogP contribution in [0.4, 0.5) is 26.2 Å². The molecule has 2 N–H and O–H groups in total. The van der Waals surface area contributed by atoms with Crippen LogP contribution in [0.3, 0.4) is 0 Å². The van der Waals surface area contributed by atoms with Crippen LogP contribution in [-0.2, 0) is 0 Å². The van der Waals surface area contributed by atoms with E-state index in [1.807, 2.05) is 0 Å². The Bertz CT molecular complexity index is 577. The normalized spacial score (nSPS) is 10.2. The van der Waals surface area contributed by atoms with Crippen LogP contribution >= 0.6 is 11.6 Å². The lowest BCUT2D eigenvalue weighted by Crippen LogP contribution is -2.03. The minimum atomic E-state index is -0.658. The predicted molar refractivity (Wildman–Crippen MR) is 66.2 cm³/mol. The number of hydrogen-bond donors (Lipinski definition) is 2. The van der Waals surface area contributed by atoms with Crippen LogP contribution in [0, 0.1) is 11.6 Å². The molecule has 0 spiro atoms. The molecule has 1 heterocycles. The molecular weight excluding hydrogens is 262 g/mol. The summed E-state index contributed by atoms with van der Waals surface area (Å²) in [4.78, 5) is 7.56. The molecule has 0 unspecified atom stereocenters. The Kier molecular flexibility index (Phi) is 3.57. The fourth-order valence-electron chi connectivity index (χ4n) is 1.30. The van der Waals surface area contributed by atoms with Gasteiger partial charge in [0.1, 0.15) is 5.82 Å². The zero-order valence-corrected chi connectivity index (χ0v) is 10.1. The molecule has 1 aromatic carbocycles. The van der Waals surface area contributed by atoms with Crippen molar-refractivity contribution in [1.29, 1.82) is 0 Å². The van der Waals surface area contributed by atoms with Crippen molar-refractivity contribution in [3.8, 4) is 0 Å². The second-order valence-electron chi connectivity index (χ2n) is 3.39. The first-order valence-electron chi connectivity index (χ1n) is 5.02. The SMILES string of the molecule is CNc1ncc(F)c(Nc2cc(F)ccc2Cl)n1. The number of nitrogens with one attached hydrogen (secondary N) is 2. The minimum Gasteiger partial charge on any atom is -0.357 e. The molecule has 0 atom stereocenters. The van der Waals surface area contributed by atoms with Gasteiger partial charge >= 0.3 is 0 Å². The minimum absolute atomic E-state index is 0.0816. The van der Waals surface area contributed by atoms with Crippen molar-refractivity contribution >= 4 is 29.1 Å². The summed E-state index contributed by atoms with van der Waals surface area (Å²) in [7, 11) is 1.60. The first-order chi connectivity index (χ1) is 8.60. The van der Waals surface area contributed by atoms with Crippen molar-refractivity contribution in [2.24, 2.45) is 0 Å². The van der Waals surface area contributed by atoms with Gasteiger partial charge in [0, 0.05) is 7.05 Å². The molecule has 0 bridgehead atoms. The van der Waals surface area contributed by atoms with E-state index in [2.05, 4.69) is 20.6 Å². The molecule has 7 heteroatoms. The van der Waals surface area contributed by atoms with Gasteiger partial charge < -0.3 is 10.6 Å². The van der Waals surface area contributed by atoms with Crippen molar-refractivity contribution in [2.75, 3.05) is 17.7 Å². The van der Waals surface area contributed by atoms with Gasteiger partial charge in [-0.2, -0.15) is 4.98 Å². The number of hydrogen-bond acceptors (Lipinski definition) is 4. The van der Waals surface area contributed by atoms with Gasteiger partial charge in [-0.3, -0.25) is 0 Å². The maximum Gasteiger partial charge on any atom is 0.224 e. The van der Waals surface area contributed by atoms with E-state index in [4.69, 9.17) is 11.6 Å². The smallest absolute Gasteiger partial charge is 0.224 e. The highest BCUT2D eigenvalue weighted by molar-refractivity contribution is 6.33. The summed E-state index contributed by atoms with van der Waals surface area (Å²) in [5, 5.41) is 5.55. The second kappa shape index (κ2) is 5.14. The van der Waals surface area contributed by atoms with Crippen molar-refractivity contribution in [3.63, 3.8) is 0 Å². The molecule has 2 rings (SSSR count). The fraction of sp³-hybridized carbons (Fsp3) is 0.0909. The number of anilines is 3. The highest BCUT2D eigenvalue weighted by Gasteiger charge is 2.09. The fourth-order valence-corrected chi connectivity index (χ4v) is 1.46. The van der Waals surface area contributed by atoms with Crippen LogP contribution in [0.25, 0.3) is 0 Å². The van der Waals surface area contributed by atoms with Crippen molar-refractivity contribution in [2.45, 2.75) is 0 Å². The zero-order chi connectivity index (χ0) is 13.1. The van der Waals surface area contributed by atoms with Crippen LogP contribution in [0.5, 0.6) is 0 Å². The quantitative estimate of drug-likeness (QED) is 0.899. The maximum atomic E-state index is 13.5. The Morgan fingerprint density at radius 1 is 1.28 bits per heavy atom. The molecule has 0 amide bonds. The zero-order valence-electron chi connectivity index (χ0n) is 9.34. The van der Waals surface area contributed by atoms with E-state index in [1.165, 1.54) is 12.1 Å². The third kappa shape index (κ3) is 2.65. The van der Waals surface area contributed by atoms with Gasteiger partial charge in [0.25, 0.3) is 0 Å². The Morgan fingerprint density at radius 2 is 2.06 bits per heavy atom. The van der Waals surface area contributed by atoms with Crippen LogP contribution in [0.2, 0.25) is 5.02 Å². The summed E-state index contributed by atoms with van der Waals surface area (Å²) < 4.78 is 26.5. The highest BCUT2D eigenvalue weighted by Crippen LogP contribution is 2.26. The van der Waals surface area contributed by atoms with Crippen LogP contribution in [-0.4, -0.2) is 17.0 Å². The topological polar surface area (TPSA) is 49.8 Å². The molecule has 0 aliphatic rings. The third-order valence-corrected chi connectivity index (χ3v) is 2.48. The van der Waals surface area contributed by atoms with Crippen molar-refractivity contribution in [3.05, 3.63) is 41.1 Å². The Balaban J connectivity index is 2.36. The van der Waals surface area contributed by atoms with Gasteiger partial charge in [-0.1, -0.05) is 11.6 Å². The summed E-state index contributed by atoms with van der Waals surface area (Å²) in [5.74, 6) is -0.979. The molecule has 94 valence electrons. The van der Waals surface area contributed by atoms with Crippen LogP contribution in [0.15, 0.2) is 24.4 Å². The highest BCUT2D eigenvalue weighted by atomic mass is 35.5. The van der Waals surface area contributed by atoms with E-state index in [0.29, 0.717) is 0 Å². The molecular formula is C11H9ClF2N4. The monoisotopic (exact) mass is 270 g/mol. The number of halogens is 3. The molecule has 18 heavy (non-hydrogen) atoms. The van der Waals surface area contributed by atoms with Crippen molar-refractivity contribution in [1.82, 2.24) is 9.97 Å². The number of rotatable bonds is 3. The number of aromatic nitrogens is 2. The van der Waals surface area contributed by atoms with Crippen LogP contribution < -0.4 is 10.6 Å². The molecule has 0 aliphatic heterocycles. The lowest BCUT2D eigenvalue weighted by atomic mass is 10.3. The van der Waals surface area contributed by atoms with Gasteiger partial charge in [0.2, 0.25) is 5.95 Å². The molecule has 0 aliphatic carbocycles. The van der Waals surface area contributed by atoms with E-state index in [1.54, 1.807) is 7.05 Å². The lowest BCUT2D eigenvalue weighted by Gasteiger charge is -2.09. The number of nitrogens with zero attached hydrogens (tertiary/aromatic N) is 2. The molecule has 0 radical (unpaired) electrons. The lowest BCUT2D eigenvalue weighted by molar-refractivity contribution is 0.618. The van der Waals surface area contributed by atoms with Gasteiger partial charge in [-0.05, 0) is 18.2 Å². The molecule has 1 aromatic heterocycles. The van der Waals surface area contributed by atoms with Gasteiger partial charge in [0.15, 0.2) is 11.6 Å². The van der Waals surface area contributed by atoms with Gasteiger partial charge in [-0.25, -0.2) is 13.8 Å². The predicted octanol–water partition coefficient (Wildman–Crippen LogP) is 3.19. The summed E-state index contributed by atoms with van der Waals surface area (Å²) in [5.41, 5.74) is 0.233. The average Bonchev–Trinajstić information content (AvgIpc) is 2.36. The van der Waals surface area contributed by atoms with Crippen LogP contribution in [0.1, 0.15) is 0 Å². The van der Waals surface area contributed by atoms with Crippen molar-refractivity contribution < 1.29 is 8.78 Å². The average molecular weight is 271 g/mol. The largest absolute Gasteiger partial charge is 0.357 e. The second-order valence-corrected chi connectivity index (χ2v) is 3.80. The first kappa shape index (κ1) is 12.5. The summed E-state index contributed by atoms with van der Waals surface area (Å²) >= 11 is 5.86. The summed E-state index contributed by atoms with van der Waals surface area (Å²) in [6.07, 6.45) is 1.01. The maximum absolute atomic E-state index is 13.5. The first-order valence-corrected chi connectivity index (χ1v) is 5.40. The van der Waals surface area contributed by atoms with E-state index in [0.717, 1.165) is 12.3 Å². The van der Waals surface area contributed by atoms with E-state index >= 15 is 0 Å². The van der Waals surface area contributed by atoms with Gasteiger partial charge in [0.05, 0.1) is 16.9 Å². The molecule has 2 aromatic rings. The molecule has 0 saturated carbocycles. The molecule has 0 saturated heterocycles. The van der Waals surface area contributed by atoms with E-state index in [9.17, 15) is 8.78 Å². The Labute approximate surface area is 107 Å². The third-order valence-electron chi connectivity index (χ3n) is 2.15. The van der Waals surface area contributed by atoms with E-state index < -0.39 is 11.6 Å². The number of benzene rings is 1. The Morgan fingerprint density at radius 3 is 2.78 bits per heavy atom. The molecule has 4 nitrogen and oxygen atoms in total. The molecule has 0 fully saturated rings. The van der Waals surface area contributed by atoms with Gasteiger partial charge in [-0.15, -0.1) is 0 Å². The van der Waals surface area contributed by atoms with E-state index in [-0.39, 0.29) is 22.5 Å². The standard InChI is InChI=1S/C11H9ClF2N4/c1-15-11-16-5-8(14)10(18-11)17-9-4-6(13)2-3-7(9)12/h2-5H,1H3,(H2,15,16,17,18). The summed E-state index contributed by atoms with van der Waals surface area (Å²) in [6, 6.07) is 3.74.